The Morgan fingerprint density at radius 1 is 0.875 bits per heavy atom. The molecule has 7 aliphatic rings. The second kappa shape index (κ2) is 7.05. The number of nitrogens with zero attached hydrogens (tertiary/aromatic N) is 1. The summed E-state index contributed by atoms with van der Waals surface area (Å²) in [7, 11) is 0. The summed E-state index contributed by atoms with van der Waals surface area (Å²) in [4.78, 5) is 40.2. The minimum atomic E-state index is -0.228. The highest BCUT2D eigenvalue weighted by Gasteiger charge is 2.62. The van der Waals surface area contributed by atoms with Gasteiger partial charge in [-0.3, -0.25) is 19.3 Å². The number of ether oxygens (including phenoxy) is 1. The summed E-state index contributed by atoms with van der Waals surface area (Å²) >= 11 is 0. The van der Waals surface area contributed by atoms with Gasteiger partial charge in [0.25, 0.3) is 0 Å². The number of phenols is 1. The van der Waals surface area contributed by atoms with Crippen LogP contribution >= 0.6 is 0 Å². The third-order valence-electron chi connectivity index (χ3n) is 7.74. The number of aromatic hydroxyl groups is 1. The van der Waals surface area contributed by atoms with Gasteiger partial charge in [0.05, 0.1) is 17.5 Å². The number of carbonyl (C=O) groups is 3. The number of anilines is 1. The van der Waals surface area contributed by atoms with E-state index < -0.39 is 0 Å². The van der Waals surface area contributed by atoms with E-state index in [-0.39, 0.29) is 53.6 Å². The van der Waals surface area contributed by atoms with Crippen LogP contribution in [0.4, 0.5) is 5.69 Å². The number of rotatable bonds is 5. The predicted molar refractivity (Wildman–Crippen MR) is 116 cm³/mol. The van der Waals surface area contributed by atoms with Crippen molar-refractivity contribution < 1.29 is 24.2 Å². The van der Waals surface area contributed by atoms with Crippen molar-refractivity contribution in [2.24, 2.45) is 35.5 Å². The summed E-state index contributed by atoms with van der Waals surface area (Å²) < 4.78 is 5.59. The molecule has 0 aromatic heterocycles. The molecular weight excluding hydrogens is 406 g/mol. The Bertz CT molecular complexity index is 1090. The summed E-state index contributed by atoms with van der Waals surface area (Å²) in [5, 5.41) is 9.33. The van der Waals surface area contributed by atoms with E-state index in [1.807, 2.05) is 0 Å². The van der Waals surface area contributed by atoms with Crippen LogP contribution in [0.15, 0.2) is 60.7 Å². The fourth-order valence-electron chi connectivity index (χ4n) is 6.08. The van der Waals surface area contributed by atoms with E-state index in [9.17, 15) is 19.5 Å². The zero-order chi connectivity index (χ0) is 22.0. The van der Waals surface area contributed by atoms with Gasteiger partial charge < -0.3 is 9.84 Å². The molecule has 3 saturated carbocycles. The van der Waals surface area contributed by atoms with Crippen LogP contribution in [-0.2, 0) is 9.59 Å². The number of ketones is 1. The maximum atomic E-state index is 13.3. The zero-order valence-corrected chi connectivity index (χ0v) is 17.4. The molecular formula is C26H23NO5. The molecule has 1 saturated heterocycles. The van der Waals surface area contributed by atoms with Crippen LogP contribution in [0, 0.1) is 35.5 Å². The molecule has 6 aliphatic carbocycles. The smallest absolute Gasteiger partial charge is 0.238 e. The molecule has 4 bridgehead atoms. The standard InChI is InChI=1S/C26H23NO5/c28-18-5-1-14(2-6-18)22(29)13-32-19-7-3-17(4-8-19)27-25(30)23-20-9-10-21(24(23)26(27)31)16-11-15(20)12-16/h1-10,15-16,20-21,23-24,28H,11-13H2/t15-,16-,20?,21?,23?,24?. The molecule has 0 spiro atoms. The minimum Gasteiger partial charge on any atom is -0.508 e. The van der Waals surface area contributed by atoms with Gasteiger partial charge in [-0.05, 0) is 85.0 Å². The van der Waals surface area contributed by atoms with E-state index in [2.05, 4.69) is 12.2 Å². The minimum absolute atomic E-state index is 0.0805. The number of benzene rings is 2. The fraction of sp³-hybridized carbons (Fsp3) is 0.346. The van der Waals surface area contributed by atoms with Crippen LogP contribution < -0.4 is 9.64 Å². The third kappa shape index (κ3) is 2.82. The largest absolute Gasteiger partial charge is 0.508 e. The first kappa shape index (κ1) is 19.3. The highest BCUT2D eigenvalue weighted by atomic mass is 16.5. The molecule has 4 fully saturated rings. The lowest BCUT2D eigenvalue weighted by atomic mass is 9.68. The molecule has 1 heterocycles. The third-order valence-corrected chi connectivity index (χ3v) is 7.74. The molecule has 2 aromatic carbocycles. The van der Waals surface area contributed by atoms with Gasteiger partial charge in [-0.1, -0.05) is 12.2 Å². The summed E-state index contributed by atoms with van der Waals surface area (Å²) in [6.45, 7) is -0.145. The van der Waals surface area contributed by atoms with Crippen molar-refractivity contribution >= 4 is 23.3 Å². The molecule has 1 aliphatic heterocycles. The Morgan fingerprint density at radius 2 is 1.44 bits per heavy atom. The van der Waals surface area contributed by atoms with E-state index in [1.165, 1.54) is 17.0 Å². The average Bonchev–Trinajstić information content (AvgIpc) is 3.01. The van der Waals surface area contributed by atoms with E-state index in [0.29, 0.717) is 28.8 Å². The summed E-state index contributed by atoms with van der Waals surface area (Å²) in [6, 6.07) is 12.8. The van der Waals surface area contributed by atoms with Crippen LogP contribution in [0.2, 0.25) is 0 Å². The van der Waals surface area contributed by atoms with Gasteiger partial charge in [-0.2, -0.15) is 0 Å². The van der Waals surface area contributed by atoms with Crippen molar-refractivity contribution in [3.8, 4) is 11.5 Å². The number of imide groups is 1. The Labute approximate surface area is 185 Å². The fourth-order valence-corrected chi connectivity index (χ4v) is 6.08. The van der Waals surface area contributed by atoms with Gasteiger partial charge in [0, 0.05) is 5.56 Å². The lowest BCUT2D eigenvalue weighted by molar-refractivity contribution is -0.123. The highest BCUT2D eigenvalue weighted by Crippen LogP contribution is 2.60. The number of hydrogen-bond acceptors (Lipinski definition) is 5. The average molecular weight is 429 g/mol. The van der Waals surface area contributed by atoms with E-state index >= 15 is 0 Å². The quantitative estimate of drug-likeness (QED) is 0.446. The monoisotopic (exact) mass is 429 g/mol. The number of amides is 2. The van der Waals surface area contributed by atoms with Gasteiger partial charge in [-0.15, -0.1) is 0 Å². The van der Waals surface area contributed by atoms with Crippen LogP contribution in [0.1, 0.15) is 23.2 Å². The highest BCUT2D eigenvalue weighted by molar-refractivity contribution is 6.22. The van der Waals surface area contributed by atoms with E-state index in [1.54, 1.807) is 36.4 Å². The molecule has 4 unspecified atom stereocenters. The van der Waals surface area contributed by atoms with Crippen molar-refractivity contribution in [2.45, 2.75) is 12.8 Å². The summed E-state index contributed by atoms with van der Waals surface area (Å²) in [6.07, 6.45) is 6.68. The molecule has 2 amide bonds. The lowest BCUT2D eigenvalue weighted by Crippen LogP contribution is -2.36. The normalized spacial score (nSPS) is 31.8. The maximum Gasteiger partial charge on any atom is 0.238 e. The van der Waals surface area contributed by atoms with Crippen molar-refractivity contribution in [2.75, 3.05) is 11.5 Å². The Hall–Kier alpha value is -3.41. The van der Waals surface area contributed by atoms with Crippen molar-refractivity contribution in [3.05, 3.63) is 66.2 Å². The van der Waals surface area contributed by atoms with E-state index in [0.717, 1.165) is 12.8 Å². The summed E-state index contributed by atoms with van der Waals surface area (Å²) in [5.74, 6) is 1.20. The molecule has 0 radical (unpaired) electrons. The number of Topliss-reactive ketones (excluding diaryl/α,β-unsaturated/α-hetero) is 1. The Kier molecular flexibility index (Phi) is 4.25. The molecule has 6 nitrogen and oxygen atoms in total. The first-order valence-electron chi connectivity index (χ1n) is 11.1. The first-order valence-corrected chi connectivity index (χ1v) is 11.1. The molecule has 4 atom stereocenters. The van der Waals surface area contributed by atoms with Crippen LogP contribution in [-0.4, -0.2) is 29.3 Å². The first-order chi connectivity index (χ1) is 15.5. The molecule has 32 heavy (non-hydrogen) atoms. The van der Waals surface area contributed by atoms with Gasteiger partial charge >= 0.3 is 0 Å². The van der Waals surface area contributed by atoms with Crippen LogP contribution in [0.5, 0.6) is 11.5 Å². The van der Waals surface area contributed by atoms with Crippen LogP contribution in [0.3, 0.4) is 0 Å². The van der Waals surface area contributed by atoms with Gasteiger partial charge in [0.2, 0.25) is 11.8 Å². The van der Waals surface area contributed by atoms with Gasteiger partial charge in [-0.25, -0.2) is 0 Å². The number of hydrogen-bond donors (Lipinski definition) is 1. The SMILES string of the molecule is O=C(COc1ccc(N2C(=O)C3C(C2=O)C2C=CC3[C@H]3C[C@H]2C3)cc1)c1ccc(O)cc1. The Morgan fingerprint density at radius 3 is 2.00 bits per heavy atom. The number of carbonyl (C=O) groups excluding carboxylic acids is 3. The molecule has 2 aromatic rings. The van der Waals surface area contributed by atoms with E-state index in [4.69, 9.17) is 4.74 Å². The second-order valence-corrected chi connectivity index (χ2v) is 9.35. The lowest BCUT2D eigenvalue weighted by Gasteiger charge is -2.37. The zero-order valence-electron chi connectivity index (χ0n) is 17.4. The van der Waals surface area contributed by atoms with Crippen molar-refractivity contribution in [3.63, 3.8) is 0 Å². The second-order valence-electron chi connectivity index (χ2n) is 9.35. The maximum absolute atomic E-state index is 13.3. The summed E-state index contributed by atoms with van der Waals surface area (Å²) in [5.41, 5.74) is 1.01. The van der Waals surface area contributed by atoms with Crippen LogP contribution in [0.25, 0.3) is 0 Å². The molecule has 1 N–H and O–H groups in total. The van der Waals surface area contributed by atoms with Gasteiger partial charge in [0.1, 0.15) is 11.5 Å². The predicted octanol–water partition coefficient (Wildman–Crippen LogP) is 3.60. The van der Waals surface area contributed by atoms with Crippen molar-refractivity contribution in [1.82, 2.24) is 0 Å². The molecule has 9 rings (SSSR count). The number of phenolic OH excluding ortho intramolecular Hbond substituents is 1. The van der Waals surface area contributed by atoms with Crippen molar-refractivity contribution in [1.29, 1.82) is 0 Å². The number of allylic oxidation sites excluding steroid dienone is 2. The Balaban J connectivity index is 1.17. The van der Waals surface area contributed by atoms with Gasteiger partial charge in [0.15, 0.2) is 12.4 Å². The molecule has 6 heteroatoms. The molecule has 162 valence electrons. The topological polar surface area (TPSA) is 83.9 Å².